The summed E-state index contributed by atoms with van der Waals surface area (Å²) < 4.78 is 18.3. The molecule has 1 heterocycles. The summed E-state index contributed by atoms with van der Waals surface area (Å²) >= 11 is 0. The Kier molecular flexibility index (Phi) is 1.85. The van der Waals surface area contributed by atoms with Gasteiger partial charge in [0.1, 0.15) is 12.1 Å². The van der Waals surface area contributed by atoms with Crippen molar-refractivity contribution in [3.63, 3.8) is 0 Å². The average molecular weight is 177 g/mol. The van der Waals surface area contributed by atoms with E-state index in [-0.39, 0.29) is 5.82 Å². The van der Waals surface area contributed by atoms with Crippen molar-refractivity contribution in [1.29, 1.82) is 0 Å². The molecule has 0 aliphatic carbocycles. The SMILES string of the molecule is Cc1ccc(-c2ncco2)c(F)c1. The maximum Gasteiger partial charge on any atom is 0.228 e. The number of benzene rings is 1. The third kappa shape index (κ3) is 1.45. The summed E-state index contributed by atoms with van der Waals surface area (Å²) in [7, 11) is 0. The number of nitrogens with zero attached hydrogens (tertiary/aromatic N) is 1. The lowest BCUT2D eigenvalue weighted by atomic mass is 10.1. The van der Waals surface area contributed by atoms with E-state index >= 15 is 0 Å². The molecule has 3 heteroatoms. The van der Waals surface area contributed by atoms with Crippen molar-refractivity contribution in [2.45, 2.75) is 6.92 Å². The van der Waals surface area contributed by atoms with Gasteiger partial charge in [-0.05, 0) is 24.6 Å². The van der Waals surface area contributed by atoms with E-state index in [2.05, 4.69) is 4.98 Å². The minimum absolute atomic E-state index is 0.303. The second kappa shape index (κ2) is 3.01. The van der Waals surface area contributed by atoms with Gasteiger partial charge in [0.25, 0.3) is 0 Å². The molecular weight excluding hydrogens is 169 g/mol. The van der Waals surface area contributed by atoms with Crippen LogP contribution in [0, 0.1) is 12.7 Å². The maximum absolute atomic E-state index is 13.3. The highest BCUT2D eigenvalue weighted by Crippen LogP contribution is 2.21. The van der Waals surface area contributed by atoms with Crippen molar-refractivity contribution in [2.24, 2.45) is 0 Å². The summed E-state index contributed by atoms with van der Waals surface area (Å²) in [6.07, 6.45) is 2.92. The molecular formula is C10H8FNO. The van der Waals surface area contributed by atoms with Crippen molar-refractivity contribution in [2.75, 3.05) is 0 Å². The maximum atomic E-state index is 13.3. The zero-order chi connectivity index (χ0) is 9.26. The molecule has 0 saturated carbocycles. The van der Waals surface area contributed by atoms with Gasteiger partial charge in [-0.2, -0.15) is 0 Å². The Bertz CT molecular complexity index is 409. The monoisotopic (exact) mass is 177 g/mol. The number of hydrogen-bond acceptors (Lipinski definition) is 2. The molecule has 0 aliphatic heterocycles. The van der Waals surface area contributed by atoms with E-state index in [9.17, 15) is 4.39 Å². The van der Waals surface area contributed by atoms with Gasteiger partial charge in [-0.25, -0.2) is 9.37 Å². The lowest BCUT2D eigenvalue weighted by Gasteiger charge is -1.98. The Morgan fingerprint density at radius 2 is 2.23 bits per heavy atom. The van der Waals surface area contributed by atoms with Gasteiger partial charge in [-0.1, -0.05) is 6.07 Å². The molecule has 0 N–H and O–H groups in total. The van der Waals surface area contributed by atoms with Crippen LogP contribution in [-0.2, 0) is 0 Å². The molecule has 0 radical (unpaired) electrons. The molecule has 0 saturated heterocycles. The topological polar surface area (TPSA) is 26.0 Å². The normalized spacial score (nSPS) is 10.3. The Hall–Kier alpha value is -1.64. The number of aromatic nitrogens is 1. The molecule has 13 heavy (non-hydrogen) atoms. The van der Waals surface area contributed by atoms with E-state index in [1.165, 1.54) is 18.5 Å². The highest BCUT2D eigenvalue weighted by atomic mass is 19.1. The predicted molar refractivity (Wildman–Crippen MR) is 46.6 cm³/mol. The van der Waals surface area contributed by atoms with Crippen LogP contribution in [-0.4, -0.2) is 4.98 Å². The largest absolute Gasteiger partial charge is 0.444 e. The lowest BCUT2D eigenvalue weighted by molar-refractivity contribution is 0.562. The third-order valence-electron chi connectivity index (χ3n) is 1.79. The highest BCUT2D eigenvalue weighted by molar-refractivity contribution is 5.54. The van der Waals surface area contributed by atoms with Gasteiger partial charge >= 0.3 is 0 Å². The quantitative estimate of drug-likeness (QED) is 0.669. The van der Waals surface area contributed by atoms with Crippen molar-refractivity contribution in [3.05, 3.63) is 42.0 Å². The third-order valence-corrected chi connectivity index (χ3v) is 1.79. The number of oxazole rings is 1. The van der Waals surface area contributed by atoms with Crippen molar-refractivity contribution in [1.82, 2.24) is 4.98 Å². The van der Waals surface area contributed by atoms with Crippen LogP contribution in [0.1, 0.15) is 5.56 Å². The van der Waals surface area contributed by atoms with Crippen LogP contribution in [0.5, 0.6) is 0 Å². The second-order valence-corrected chi connectivity index (χ2v) is 2.82. The predicted octanol–water partition coefficient (Wildman–Crippen LogP) is 2.79. The van der Waals surface area contributed by atoms with Crippen LogP contribution in [0.15, 0.2) is 35.1 Å². The fourth-order valence-corrected chi connectivity index (χ4v) is 1.15. The van der Waals surface area contributed by atoms with Gasteiger partial charge in [0, 0.05) is 0 Å². The van der Waals surface area contributed by atoms with Gasteiger partial charge in [-0.15, -0.1) is 0 Å². The molecule has 0 atom stereocenters. The summed E-state index contributed by atoms with van der Waals surface area (Å²) in [4.78, 5) is 3.87. The zero-order valence-corrected chi connectivity index (χ0v) is 7.12. The molecule has 2 nitrogen and oxygen atoms in total. The minimum Gasteiger partial charge on any atom is -0.444 e. The van der Waals surface area contributed by atoms with Gasteiger partial charge in [0.15, 0.2) is 0 Å². The van der Waals surface area contributed by atoms with E-state index in [1.54, 1.807) is 6.07 Å². The van der Waals surface area contributed by atoms with Crippen LogP contribution in [0.2, 0.25) is 0 Å². The molecule has 0 spiro atoms. The second-order valence-electron chi connectivity index (χ2n) is 2.82. The van der Waals surface area contributed by atoms with E-state index in [4.69, 9.17) is 4.42 Å². The summed E-state index contributed by atoms with van der Waals surface area (Å²) in [5.41, 5.74) is 1.28. The van der Waals surface area contributed by atoms with Crippen molar-refractivity contribution in [3.8, 4) is 11.5 Å². The Morgan fingerprint density at radius 1 is 1.38 bits per heavy atom. The summed E-state index contributed by atoms with van der Waals surface area (Å²) in [5, 5.41) is 0. The van der Waals surface area contributed by atoms with Crippen LogP contribution in [0.4, 0.5) is 4.39 Å². The first kappa shape index (κ1) is 7.98. The first-order valence-corrected chi connectivity index (χ1v) is 3.93. The van der Waals surface area contributed by atoms with Crippen LogP contribution in [0.3, 0.4) is 0 Å². The van der Waals surface area contributed by atoms with Crippen molar-refractivity contribution < 1.29 is 8.81 Å². The number of halogens is 1. The highest BCUT2D eigenvalue weighted by Gasteiger charge is 2.07. The summed E-state index contributed by atoms with van der Waals surface area (Å²) in [6, 6.07) is 4.94. The van der Waals surface area contributed by atoms with Crippen LogP contribution < -0.4 is 0 Å². The van der Waals surface area contributed by atoms with Crippen LogP contribution in [0.25, 0.3) is 11.5 Å². The minimum atomic E-state index is -0.303. The summed E-state index contributed by atoms with van der Waals surface area (Å²) in [6.45, 7) is 1.84. The molecule has 0 fully saturated rings. The zero-order valence-electron chi connectivity index (χ0n) is 7.12. The van der Waals surface area contributed by atoms with Gasteiger partial charge in [0.05, 0.1) is 11.8 Å². The Labute approximate surface area is 75.0 Å². The Balaban J connectivity index is 2.53. The standard InChI is InChI=1S/C10H8FNO/c1-7-2-3-8(9(11)6-7)10-12-4-5-13-10/h2-6H,1H3. The van der Waals surface area contributed by atoms with Gasteiger partial charge in [0.2, 0.25) is 5.89 Å². The fraction of sp³-hybridized carbons (Fsp3) is 0.100. The first-order chi connectivity index (χ1) is 6.27. The molecule has 0 bridgehead atoms. The fourth-order valence-electron chi connectivity index (χ4n) is 1.15. The molecule has 1 aromatic carbocycles. The van der Waals surface area contributed by atoms with E-state index in [0.29, 0.717) is 11.5 Å². The molecule has 66 valence electrons. The summed E-state index contributed by atoms with van der Waals surface area (Å²) in [5.74, 6) is 0.0138. The number of rotatable bonds is 1. The van der Waals surface area contributed by atoms with E-state index in [0.717, 1.165) is 5.56 Å². The first-order valence-electron chi connectivity index (χ1n) is 3.93. The smallest absolute Gasteiger partial charge is 0.228 e. The molecule has 2 aromatic rings. The van der Waals surface area contributed by atoms with Crippen molar-refractivity contribution >= 4 is 0 Å². The van der Waals surface area contributed by atoms with E-state index < -0.39 is 0 Å². The molecule has 0 unspecified atom stereocenters. The number of aryl methyl sites for hydroxylation is 1. The van der Waals surface area contributed by atoms with Crippen LogP contribution >= 0.6 is 0 Å². The number of hydrogen-bond donors (Lipinski definition) is 0. The Morgan fingerprint density at radius 3 is 2.85 bits per heavy atom. The van der Waals surface area contributed by atoms with Gasteiger partial charge in [-0.3, -0.25) is 0 Å². The molecule has 2 rings (SSSR count). The average Bonchev–Trinajstić information content (AvgIpc) is 2.56. The molecule has 0 amide bonds. The molecule has 0 aliphatic rings. The van der Waals surface area contributed by atoms with E-state index in [1.807, 2.05) is 13.0 Å². The molecule has 1 aromatic heterocycles. The van der Waals surface area contributed by atoms with Gasteiger partial charge < -0.3 is 4.42 Å². The lowest BCUT2D eigenvalue weighted by Crippen LogP contribution is -1.84.